The van der Waals surface area contributed by atoms with Crippen molar-refractivity contribution in [2.24, 2.45) is 0 Å². The van der Waals surface area contributed by atoms with E-state index in [0.717, 1.165) is 25.9 Å². The Labute approximate surface area is 135 Å². The molecule has 1 aromatic rings. The van der Waals surface area contributed by atoms with E-state index < -0.39 is 0 Å². The van der Waals surface area contributed by atoms with Gasteiger partial charge in [-0.25, -0.2) is 0 Å². The van der Waals surface area contributed by atoms with Gasteiger partial charge in [-0.2, -0.15) is 0 Å². The molecule has 1 saturated heterocycles. The molecule has 0 radical (unpaired) electrons. The Hall–Kier alpha value is -2.21. The Morgan fingerprint density at radius 1 is 1.13 bits per heavy atom. The minimum absolute atomic E-state index is 0.101. The van der Waals surface area contributed by atoms with Gasteiger partial charge in [0.15, 0.2) is 0 Å². The summed E-state index contributed by atoms with van der Waals surface area (Å²) in [6, 6.07) is 6.96. The molecule has 2 heterocycles. The third-order valence-electron chi connectivity index (χ3n) is 4.52. The number of amides is 3. The van der Waals surface area contributed by atoms with Crippen molar-refractivity contribution in [3.05, 3.63) is 35.4 Å². The van der Waals surface area contributed by atoms with E-state index >= 15 is 0 Å². The van der Waals surface area contributed by atoms with Crippen molar-refractivity contribution in [2.45, 2.75) is 25.3 Å². The zero-order valence-corrected chi connectivity index (χ0v) is 13.2. The van der Waals surface area contributed by atoms with Gasteiger partial charge >= 0.3 is 0 Å². The van der Waals surface area contributed by atoms with Gasteiger partial charge in [-0.3, -0.25) is 19.3 Å². The van der Waals surface area contributed by atoms with E-state index in [1.165, 1.54) is 4.90 Å². The minimum Gasteiger partial charge on any atom is -0.353 e. The van der Waals surface area contributed by atoms with Crippen LogP contribution in [-0.2, 0) is 4.79 Å². The van der Waals surface area contributed by atoms with Crippen LogP contribution < -0.4 is 5.32 Å². The molecule has 0 bridgehead atoms. The zero-order chi connectivity index (χ0) is 16.4. The smallest absolute Gasteiger partial charge is 0.261 e. The quantitative estimate of drug-likeness (QED) is 0.838. The highest BCUT2D eigenvalue weighted by molar-refractivity contribution is 6.21. The zero-order valence-electron chi connectivity index (χ0n) is 13.2. The lowest BCUT2D eigenvalue weighted by atomic mass is 10.1. The van der Waals surface area contributed by atoms with Gasteiger partial charge in [0.25, 0.3) is 11.8 Å². The molecule has 1 N–H and O–H groups in total. The topological polar surface area (TPSA) is 69.7 Å². The highest BCUT2D eigenvalue weighted by Crippen LogP contribution is 2.22. The van der Waals surface area contributed by atoms with E-state index in [1.807, 2.05) is 0 Å². The number of piperidine rings is 1. The first kappa shape index (κ1) is 15.7. The van der Waals surface area contributed by atoms with Crippen molar-refractivity contribution in [3.63, 3.8) is 0 Å². The van der Waals surface area contributed by atoms with Crippen molar-refractivity contribution in [1.82, 2.24) is 15.1 Å². The van der Waals surface area contributed by atoms with E-state index in [-0.39, 0.29) is 36.7 Å². The molecule has 0 saturated carbocycles. The van der Waals surface area contributed by atoms with Crippen LogP contribution in [0.3, 0.4) is 0 Å². The average Bonchev–Trinajstić information content (AvgIpc) is 2.80. The van der Waals surface area contributed by atoms with Crippen LogP contribution in [0.1, 0.15) is 40.0 Å². The highest BCUT2D eigenvalue weighted by atomic mass is 16.2. The van der Waals surface area contributed by atoms with Gasteiger partial charge in [-0.05, 0) is 45.1 Å². The van der Waals surface area contributed by atoms with Crippen molar-refractivity contribution >= 4 is 17.7 Å². The monoisotopic (exact) mass is 315 g/mol. The number of hydrogen-bond donors (Lipinski definition) is 1. The molecular formula is C17H21N3O3. The maximum absolute atomic E-state index is 12.2. The van der Waals surface area contributed by atoms with Crippen LogP contribution >= 0.6 is 0 Å². The maximum Gasteiger partial charge on any atom is 0.261 e. The summed E-state index contributed by atoms with van der Waals surface area (Å²) in [5.74, 6) is -0.716. The number of likely N-dealkylation sites (tertiary alicyclic amines) is 1. The first-order valence-corrected chi connectivity index (χ1v) is 7.99. The molecule has 2 aliphatic heterocycles. The predicted octanol–water partition coefficient (Wildman–Crippen LogP) is 0.883. The molecule has 0 aliphatic carbocycles. The Kier molecular flexibility index (Phi) is 4.43. The second-order valence-electron chi connectivity index (χ2n) is 6.20. The van der Waals surface area contributed by atoms with Gasteiger partial charge in [-0.15, -0.1) is 0 Å². The summed E-state index contributed by atoms with van der Waals surface area (Å²) in [4.78, 5) is 39.9. The minimum atomic E-state index is -0.308. The van der Waals surface area contributed by atoms with Crippen molar-refractivity contribution in [2.75, 3.05) is 26.7 Å². The van der Waals surface area contributed by atoms with Crippen LogP contribution in [0, 0.1) is 0 Å². The number of benzene rings is 1. The molecule has 0 aromatic heterocycles. The Morgan fingerprint density at radius 2 is 1.70 bits per heavy atom. The van der Waals surface area contributed by atoms with Crippen LogP contribution in [0.25, 0.3) is 0 Å². The number of nitrogens with zero attached hydrogens (tertiary/aromatic N) is 2. The lowest BCUT2D eigenvalue weighted by Crippen LogP contribution is -2.44. The van der Waals surface area contributed by atoms with E-state index in [1.54, 1.807) is 24.3 Å². The van der Waals surface area contributed by atoms with Crippen molar-refractivity contribution < 1.29 is 14.4 Å². The van der Waals surface area contributed by atoms with E-state index in [4.69, 9.17) is 0 Å². The summed E-state index contributed by atoms with van der Waals surface area (Å²) in [5, 5.41) is 3.00. The fraction of sp³-hybridized carbons (Fsp3) is 0.471. The molecule has 6 nitrogen and oxygen atoms in total. The first-order valence-electron chi connectivity index (χ1n) is 7.99. The van der Waals surface area contributed by atoms with Crippen LogP contribution in [-0.4, -0.2) is 60.2 Å². The summed E-state index contributed by atoms with van der Waals surface area (Å²) in [6.45, 7) is 2.08. The lowest BCUT2D eigenvalue weighted by Gasteiger charge is -2.29. The Bertz CT molecular complexity index is 601. The summed E-state index contributed by atoms with van der Waals surface area (Å²) < 4.78 is 0. The Balaban J connectivity index is 1.52. The SMILES string of the molecule is CN1CCC(NC(=O)CCN2C(=O)c3ccccc3C2=O)CC1. The molecule has 0 atom stereocenters. The van der Waals surface area contributed by atoms with Crippen LogP contribution in [0.15, 0.2) is 24.3 Å². The third kappa shape index (κ3) is 3.27. The summed E-state index contributed by atoms with van der Waals surface area (Å²) in [5.41, 5.74) is 0.849. The molecule has 23 heavy (non-hydrogen) atoms. The Morgan fingerprint density at radius 3 is 2.26 bits per heavy atom. The molecule has 122 valence electrons. The average molecular weight is 315 g/mol. The highest BCUT2D eigenvalue weighted by Gasteiger charge is 2.35. The van der Waals surface area contributed by atoms with Crippen molar-refractivity contribution in [3.8, 4) is 0 Å². The second kappa shape index (κ2) is 6.50. The van der Waals surface area contributed by atoms with Gasteiger partial charge in [0, 0.05) is 19.0 Å². The number of carbonyl (C=O) groups is 3. The molecule has 2 aliphatic rings. The summed E-state index contributed by atoms with van der Waals surface area (Å²) in [6.07, 6.45) is 2.03. The molecular weight excluding hydrogens is 294 g/mol. The maximum atomic E-state index is 12.2. The molecule has 0 spiro atoms. The number of hydrogen-bond acceptors (Lipinski definition) is 4. The van der Waals surface area contributed by atoms with Gasteiger partial charge in [0.2, 0.25) is 5.91 Å². The van der Waals surface area contributed by atoms with E-state index in [0.29, 0.717) is 11.1 Å². The summed E-state index contributed by atoms with van der Waals surface area (Å²) in [7, 11) is 2.07. The molecule has 1 fully saturated rings. The normalized spacial score (nSPS) is 19.1. The number of nitrogens with one attached hydrogen (secondary N) is 1. The van der Waals surface area contributed by atoms with Gasteiger partial charge in [0.1, 0.15) is 0 Å². The second-order valence-corrected chi connectivity index (χ2v) is 6.20. The lowest BCUT2D eigenvalue weighted by molar-refractivity contribution is -0.122. The molecule has 3 rings (SSSR count). The van der Waals surface area contributed by atoms with E-state index in [9.17, 15) is 14.4 Å². The molecule has 3 amide bonds. The fourth-order valence-electron chi connectivity index (χ4n) is 3.11. The first-order chi connectivity index (χ1) is 11.1. The number of fused-ring (bicyclic) bond motifs is 1. The van der Waals surface area contributed by atoms with Crippen molar-refractivity contribution in [1.29, 1.82) is 0 Å². The molecule has 0 unspecified atom stereocenters. The van der Waals surface area contributed by atoms with Crippen LogP contribution in [0.5, 0.6) is 0 Å². The van der Waals surface area contributed by atoms with Crippen LogP contribution in [0.2, 0.25) is 0 Å². The third-order valence-corrected chi connectivity index (χ3v) is 4.52. The number of imide groups is 1. The number of rotatable bonds is 4. The number of carbonyl (C=O) groups excluding carboxylic acids is 3. The standard InChI is InChI=1S/C17H21N3O3/c1-19-9-6-12(7-10-19)18-15(21)8-11-20-16(22)13-4-2-3-5-14(13)17(20)23/h2-5,12H,6-11H2,1H3,(H,18,21). The van der Waals surface area contributed by atoms with Crippen LogP contribution in [0.4, 0.5) is 0 Å². The summed E-state index contributed by atoms with van der Waals surface area (Å²) >= 11 is 0. The van der Waals surface area contributed by atoms with Gasteiger partial charge in [-0.1, -0.05) is 12.1 Å². The molecule has 1 aromatic carbocycles. The predicted molar refractivity (Wildman–Crippen MR) is 85.1 cm³/mol. The van der Waals surface area contributed by atoms with Gasteiger partial charge in [0.05, 0.1) is 11.1 Å². The largest absolute Gasteiger partial charge is 0.353 e. The fourth-order valence-corrected chi connectivity index (χ4v) is 3.11. The molecule has 6 heteroatoms. The van der Waals surface area contributed by atoms with Gasteiger partial charge < -0.3 is 10.2 Å². The van der Waals surface area contributed by atoms with E-state index in [2.05, 4.69) is 17.3 Å².